The standard InChI is InChI=1S/C30H41NOS/c1-2-33-22-31-30(32)29-18-17-27-20-24(15-16-28(27)21-29)14-13-23-9-8-12-26(19-23)25-10-6-4-3-5-7-11-25/h8-9,12,15-16,19-20,25,29H,2-7,10-11,13-14,17-18,21-22H2,1H3,(H,31,32). The number of thioether (sulfide) groups is 1. The highest BCUT2D eigenvalue weighted by Crippen LogP contribution is 2.32. The van der Waals surface area contributed by atoms with Gasteiger partial charge in [-0.1, -0.05) is 81.5 Å². The number of hydrogen-bond acceptors (Lipinski definition) is 2. The fourth-order valence-corrected chi connectivity index (χ4v) is 6.09. The van der Waals surface area contributed by atoms with Crippen LogP contribution in [0.4, 0.5) is 0 Å². The van der Waals surface area contributed by atoms with Crippen molar-refractivity contribution in [2.24, 2.45) is 5.92 Å². The van der Waals surface area contributed by atoms with Crippen molar-refractivity contribution in [1.29, 1.82) is 0 Å². The van der Waals surface area contributed by atoms with Crippen LogP contribution in [-0.2, 0) is 30.5 Å². The Morgan fingerprint density at radius 3 is 2.45 bits per heavy atom. The fraction of sp³-hybridized carbons (Fsp3) is 0.567. The lowest BCUT2D eigenvalue weighted by molar-refractivity contribution is -0.124. The van der Waals surface area contributed by atoms with Gasteiger partial charge in [-0.3, -0.25) is 4.79 Å². The smallest absolute Gasteiger partial charge is 0.224 e. The molecule has 2 aromatic carbocycles. The largest absolute Gasteiger partial charge is 0.347 e. The monoisotopic (exact) mass is 463 g/mol. The van der Waals surface area contributed by atoms with Gasteiger partial charge in [-0.25, -0.2) is 0 Å². The molecule has 1 atom stereocenters. The van der Waals surface area contributed by atoms with Gasteiger partial charge in [-0.15, -0.1) is 11.8 Å². The van der Waals surface area contributed by atoms with Crippen molar-refractivity contribution in [2.75, 3.05) is 11.6 Å². The Morgan fingerprint density at radius 2 is 1.67 bits per heavy atom. The number of carbonyl (C=O) groups is 1. The van der Waals surface area contributed by atoms with Crippen LogP contribution < -0.4 is 5.32 Å². The fourth-order valence-electron chi connectivity index (χ4n) is 5.64. The van der Waals surface area contributed by atoms with Crippen LogP contribution in [0.15, 0.2) is 42.5 Å². The Hall–Kier alpha value is -1.74. The van der Waals surface area contributed by atoms with Crippen LogP contribution in [0.1, 0.15) is 92.0 Å². The Bertz CT molecular complexity index is 900. The lowest BCUT2D eigenvalue weighted by Crippen LogP contribution is -2.33. The van der Waals surface area contributed by atoms with E-state index in [2.05, 4.69) is 54.7 Å². The summed E-state index contributed by atoms with van der Waals surface area (Å²) >= 11 is 1.77. The van der Waals surface area contributed by atoms with Gasteiger partial charge in [0.25, 0.3) is 0 Å². The number of fused-ring (bicyclic) bond motifs is 1. The summed E-state index contributed by atoms with van der Waals surface area (Å²) in [6.45, 7) is 2.13. The molecule has 3 heteroatoms. The van der Waals surface area contributed by atoms with E-state index in [-0.39, 0.29) is 11.8 Å². The van der Waals surface area contributed by atoms with Crippen molar-refractivity contribution in [2.45, 2.75) is 89.9 Å². The van der Waals surface area contributed by atoms with Crippen molar-refractivity contribution in [3.63, 3.8) is 0 Å². The van der Waals surface area contributed by atoms with Gasteiger partial charge < -0.3 is 5.32 Å². The normalized spacial score (nSPS) is 19.4. The molecule has 1 N–H and O–H groups in total. The highest BCUT2D eigenvalue weighted by atomic mass is 32.2. The van der Waals surface area contributed by atoms with Gasteiger partial charge in [0.1, 0.15) is 0 Å². The summed E-state index contributed by atoms with van der Waals surface area (Å²) in [5, 5.41) is 3.09. The lowest BCUT2D eigenvalue weighted by atomic mass is 9.82. The third-order valence-corrected chi connectivity index (χ3v) is 8.41. The summed E-state index contributed by atoms with van der Waals surface area (Å²) < 4.78 is 0. The maximum atomic E-state index is 12.5. The van der Waals surface area contributed by atoms with E-state index in [0.717, 1.165) is 49.7 Å². The number of carbonyl (C=O) groups excluding carboxylic acids is 1. The Kier molecular flexibility index (Phi) is 9.35. The molecule has 0 bridgehead atoms. The predicted molar refractivity (Wildman–Crippen MR) is 142 cm³/mol. The van der Waals surface area contributed by atoms with Crippen LogP contribution in [0.2, 0.25) is 0 Å². The third-order valence-electron chi connectivity index (χ3n) is 7.65. The summed E-state index contributed by atoms with van der Waals surface area (Å²) in [4.78, 5) is 12.5. The molecule has 0 heterocycles. The number of rotatable bonds is 8. The zero-order valence-corrected chi connectivity index (χ0v) is 21.2. The van der Waals surface area contributed by atoms with Gasteiger partial charge in [-0.05, 0) is 84.4 Å². The molecular formula is C30H41NOS. The molecule has 0 radical (unpaired) electrons. The first-order chi connectivity index (χ1) is 16.2. The Labute approximate surface area is 205 Å². The lowest BCUT2D eigenvalue weighted by Gasteiger charge is -2.24. The number of benzene rings is 2. The molecule has 2 aromatic rings. The summed E-state index contributed by atoms with van der Waals surface area (Å²) in [7, 11) is 0. The van der Waals surface area contributed by atoms with E-state index in [0.29, 0.717) is 0 Å². The number of aryl methyl sites for hydroxylation is 3. The second kappa shape index (κ2) is 12.6. The molecule has 2 aliphatic carbocycles. The molecule has 0 aliphatic heterocycles. The number of nitrogens with one attached hydrogen (secondary N) is 1. The highest BCUT2D eigenvalue weighted by Gasteiger charge is 2.24. The quantitative estimate of drug-likeness (QED) is 0.330. The van der Waals surface area contributed by atoms with Crippen molar-refractivity contribution >= 4 is 17.7 Å². The summed E-state index contributed by atoms with van der Waals surface area (Å²) in [6.07, 6.45) is 14.9. The van der Waals surface area contributed by atoms with E-state index in [1.807, 2.05) is 0 Å². The number of hydrogen-bond donors (Lipinski definition) is 1. The molecule has 2 nitrogen and oxygen atoms in total. The van der Waals surface area contributed by atoms with Crippen LogP contribution in [-0.4, -0.2) is 17.5 Å². The molecule has 1 saturated carbocycles. The minimum Gasteiger partial charge on any atom is -0.347 e. The molecular weight excluding hydrogens is 422 g/mol. The molecule has 1 amide bonds. The minimum absolute atomic E-state index is 0.136. The zero-order valence-electron chi connectivity index (χ0n) is 20.4. The minimum atomic E-state index is 0.136. The van der Waals surface area contributed by atoms with E-state index in [1.54, 1.807) is 17.3 Å². The maximum Gasteiger partial charge on any atom is 0.224 e. The molecule has 178 valence electrons. The molecule has 4 rings (SSSR count). The van der Waals surface area contributed by atoms with Crippen LogP contribution in [0.5, 0.6) is 0 Å². The van der Waals surface area contributed by atoms with Crippen molar-refractivity contribution in [1.82, 2.24) is 5.32 Å². The van der Waals surface area contributed by atoms with E-state index in [1.165, 1.54) is 67.2 Å². The van der Waals surface area contributed by atoms with Crippen molar-refractivity contribution in [3.05, 3.63) is 70.3 Å². The van der Waals surface area contributed by atoms with Gasteiger partial charge in [-0.2, -0.15) is 0 Å². The molecule has 1 fully saturated rings. The van der Waals surface area contributed by atoms with Crippen LogP contribution >= 0.6 is 11.8 Å². The Balaban J connectivity index is 1.32. The Morgan fingerprint density at radius 1 is 0.909 bits per heavy atom. The molecule has 2 aliphatic rings. The van der Waals surface area contributed by atoms with E-state index in [4.69, 9.17) is 0 Å². The van der Waals surface area contributed by atoms with E-state index in [9.17, 15) is 4.79 Å². The van der Waals surface area contributed by atoms with Gasteiger partial charge in [0.2, 0.25) is 5.91 Å². The van der Waals surface area contributed by atoms with Gasteiger partial charge in [0.05, 0.1) is 5.88 Å². The highest BCUT2D eigenvalue weighted by molar-refractivity contribution is 7.99. The first-order valence-electron chi connectivity index (χ1n) is 13.3. The summed E-state index contributed by atoms with van der Waals surface area (Å²) in [6, 6.07) is 16.4. The van der Waals surface area contributed by atoms with Crippen LogP contribution in [0, 0.1) is 5.92 Å². The molecule has 0 spiro atoms. The van der Waals surface area contributed by atoms with Crippen LogP contribution in [0.3, 0.4) is 0 Å². The number of amides is 1. The zero-order chi connectivity index (χ0) is 22.9. The maximum absolute atomic E-state index is 12.5. The third kappa shape index (κ3) is 7.12. The average molecular weight is 464 g/mol. The van der Waals surface area contributed by atoms with Crippen molar-refractivity contribution in [3.8, 4) is 0 Å². The summed E-state index contributed by atoms with van der Waals surface area (Å²) in [5.74, 6) is 2.91. The SMILES string of the molecule is CCSCNC(=O)C1CCc2cc(CCc3cccc(C4CCCCCCC4)c3)ccc2C1. The topological polar surface area (TPSA) is 29.1 Å². The van der Waals surface area contributed by atoms with Crippen LogP contribution in [0.25, 0.3) is 0 Å². The summed E-state index contributed by atoms with van der Waals surface area (Å²) in [5.41, 5.74) is 7.32. The molecule has 0 aromatic heterocycles. The first-order valence-corrected chi connectivity index (χ1v) is 14.4. The second-order valence-corrected chi connectivity index (χ2v) is 11.3. The molecule has 33 heavy (non-hydrogen) atoms. The molecule has 1 unspecified atom stereocenters. The van der Waals surface area contributed by atoms with E-state index < -0.39 is 0 Å². The predicted octanol–water partition coefficient (Wildman–Crippen LogP) is 7.23. The van der Waals surface area contributed by atoms with Gasteiger partial charge in [0, 0.05) is 5.92 Å². The second-order valence-electron chi connectivity index (χ2n) is 10.0. The van der Waals surface area contributed by atoms with Gasteiger partial charge >= 0.3 is 0 Å². The van der Waals surface area contributed by atoms with Gasteiger partial charge in [0.15, 0.2) is 0 Å². The van der Waals surface area contributed by atoms with E-state index >= 15 is 0 Å². The first kappa shape index (κ1) is 24.4. The molecule has 0 saturated heterocycles. The van der Waals surface area contributed by atoms with Crippen molar-refractivity contribution < 1.29 is 4.79 Å². The average Bonchev–Trinajstić information content (AvgIpc) is 2.82.